The maximum atomic E-state index is 14.2. The van der Waals surface area contributed by atoms with E-state index in [0.717, 1.165) is 37.0 Å². The molecule has 1 aromatic rings. The van der Waals surface area contributed by atoms with Crippen molar-refractivity contribution in [2.24, 2.45) is 17.3 Å². The number of amides is 1. The number of ether oxygens (including phenoxy) is 1. The standard InChI is InChI=1S/C28H42NO5PS/c1-20-9-7-8-10-21(12-11-20)26(30)29(22-14-17-35(32,34-6)18-15-22)24-19-23(13-16-28(2,3)4)36-25(24)27(31)33-5/h19-22H,7-12,14-15,17-18H2,1-6H3/t20-,21?,22?,35?/m1/s1. The lowest BCUT2D eigenvalue weighted by Crippen LogP contribution is -2.46. The molecule has 2 heterocycles. The van der Waals surface area contributed by atoms with Gasteiger partial charge in [-0.15, -0.1) is 11.3 Å². The molecule has 2 aliphatic rings. The summed E-state index contributed by atoms with van der Waals surface area (Å²) in [6.45, 7) is 8.38. The predicted molar refractivity (Wildman–Crippen MR) is 147 cm³/mol. The molecule has 2 fully saturated rings. The van der Waals surface area contributed by atoms with E-state index in [1.165, 1.54) is 32.0 Å². The van der Waals surface area contributed by atoms with Gasteiger partial charge in [0.15, 0.2) is 0 Å². The molecule has 1 saturated heterocycles. The third kappa shape index (κ3) is 7.46. The number of hydrogen-bond acceptors (Lipinski definition) is 6. The molecular formula is C28H42NO5PS. The lowest BCUT2D eigenvalue weighted by atomic mass is 9.85. The summed E-state index contributed by atoms with van der Waals surface area (Å²) < 4.78 is 23.3. The van der Waals surface area contributed by atoms with Crippen LogP contribution in [0.4, 0.5) is 5.69 Å². The normalized spacial score (nSPS) is 27.2. The Morgan fingerprint density at radius 2 is 1.72 bits per heavy atom. The lowest BCUT2D eigenvalue weighted by Gasteiger charge is -2.38. The summed E-state index contributed by atoms with van der Waals surface area (Å²) in [6.07, 6.45) is 8.18. The molecule has 1 aliphatic heterocycles. The minimum Gasteiger partial charge on any atom is -0.465 e. The monoisotopic (exact) mass is 535 g/mol. The Morgan fingerprint density at radius 3 is 2.33 bits per heavy atom. The van der Waals surface area contributed by atoms with E-state index in [0.29, 0.717) is 41.6 Å². The average Bonchev–Trinajstić information content (AvgIpc) is 3.25. The van der Waals surface area contributed by atoms with Gasteiger partial charge in [0.05, 0.1) is 17.7 Å². The summed E-state index contributed by atoms with van der Waals surface area (Å²) in [4.78, 5) is 30.1. The first-order valence-electron chi connectivity index (χ1n) is 13.2. The van der Waals surface area contributed by atoms with Crippen molar-refractivity contribution in [3.63, 3.8) is 0 Å². The molecule has 0 spiro atoms. The molecule has 1 aromatic heterocycles. The Bertz CT molecular complexity index is 1030. The first-order chi connectivity index (χ1) is 17.0. The molecule has 6 nitrogen and oxygen atoms in total. The van der Waals surface area contributed by atoms with Crippen LogP contribution in [0, 0.1) is 29.1 Å². The highest BCUT2D eigenvalue weighted by Gasteiger charge is 2.39. The highest BCUT2D eigenvalue weighted by molar-refractivity contribution is 7.59. The van der Waals surface area contributed by atoms with E-state index >= 15 is 0 Å². The van der Waals surface area contributed by atoms with Gasteiger partial charge in [-0.2, -0.15) is 0 Å². The SMILES string of the molecule is COC(=O)c1sc(C#CC(C)(C)C)cc1N(C(=O)C1CCCC[C@@H](C)CC1)C1CCP(=O)(OC)CC1. The second-order valence-electron chi connectivity index (χ2n) is 11.4. The highest BCUT2D eigenvalue weighted by Crippen LogP contribution is 2.52. The fourth-order valence-electron chi connectivity index (χ4n) is 5.10. The zero-order valence-corrected chi connectivity index (χ0v) is 24.4. The molecule has 2 atom stereocenters. The van der Waals surface area contributed by atoms with E-state index in [4.69, 9.17) is 9.26 Å². The molecule has 36 heavy (non-hydrogen) atoms. The van der Waals surface area contributed by atoms with E-state index in [2.05, 4.69) is 18.8 Å². The summed E-state index contributed by atoms with van der Waals surface area (Å²) >= 11 is 1.28. The number of nitrogens with zero attached hydrogens (tertiary/aromatic N) is 1. The zero-order chi connectivity index (χ0) is 26.5. The van der Waals surface area contributed by atoms with Crippen LogP contribution in [0.15, 0.2) is 6.07 Å². The zero-order valence-electron chi connectivity index (χ0n) is 22.7. The van der Waals surface area contributed by atoms with Crippen molar-refractivity contribution in [3.8, 4) is 11.8 Å². The van der Waals surface area contributed by atoms with Crippen molar-refractivity contribution in [2.45, 2.75) is 85.1 Å². The van der Waals surface area contributed by atoms with Gasteiger partial charge in [-0.05, 0) is 64.9 Å². The third-order valence-corrected chi connectivity index (χ3v) is 10.9. The van der Waals surface area contributed by atoms with E-state index in [-0.39, 0.29) is 23.3 Å². The van der Waals surface area contributed by atoms with Crippen LogP contribution in [-0.2, 0) is 18.6 Å². The second-order valence-corrected chi connectivity index (χ2v) is 15.3. The quantitative estimate of drug-likeness (QED) is 0.232. The molecule has 0 aromatic carbocycles. The van der Waals surface area contributed by atoms with E-state index in [1.807, 2.05) is 31.7 Å². The van der Waals surface area contributed by atoms with E-state index in [9.17, 15) is 14.2 Å². The van der Waals surface area contributed by atoms with Crippen LogP contribution < -0.4 is 4.90 Å². The summed E-state index contributed by atoms with van der Waals surface area (Å²) in [5, 5.41) is 0. The molecular weight excluding hydrogens is 493 g/mol. The molecule has 0 bridgehead atoms. The van der Waals surface area contributed by atoms with Crippen molar-refractivity contribution < 1.29 is 23.4 Å². The van der Waals surface area contributed by atoms with Gasteiger partial charge in [0, 0.05) is 36.8 Å². The van der Waals surface area contributed by atoms with Crippen molar-refractivity contribution in [1.29, 1.82) is 0 Å². The maximum Gasteiger partial charge on any atom is 0.350 e. The molecule has 0 N–H and O–H groups in total. The van der Waals surface area contributed by atoms with Crippen molar-refractivity contribution >= 4 is 36.3 Å². The fraction of sp³-hybridized carbons (Fsp3) is 0.714. The third-order valence-electron chi connectivity index (χ3n) is 7.30. The number of anilines is 1. The molecule has 1 aliphatic carbocycles. The Hall–Kier alpha value is -1.61. The van der Waals surface area contributed by atoms with Crippen LogP contribution >= 0.6 is 18.7 Å². The number of hydrogen-bond donors (Lipinski definition) is 0. The van der Waals surface area contributed by atoms with Crippen LogP contribution in [0.3, 0.4) is 0 Å². The van der Waals surface area contributed by atoms with Crippen LogP contribution in [0.25, 0.3) is 0 Å². The molecule has 3 rings (SSSR count). The van der Waals surface area contributed by atoms with E-state index < -0.39 is 13.3 Å². The molecule has 1 saturated carbocycles. The Balaban J connectivity index is 2.04. The lowest BCUT2D eigenvalue weighted by molar-refractivity contribution is -0.123. The van der Waals surface area contributed by atoms with Crippen LogP contribution in [0.1, 0.15) is 93.6 Å². The largest absolute Gasteiger partial charge is 0.465 e. The maximum absolute atomic E-state index is 14.2. The number of carbonyl (C=O) groups excluding carboxylic acids is 2. The summed E-state index contributed by atoms with van der Waals surface area (Å²) in [5.41, 5.74) is 0.398. The topological polar surface area (TPSA) is 72.9 Å². The summed E-state index contributed by atoms with van der Waals surface area (Å²) in [5.74, 6) is 6.58. The van der Waals surface area contributed by atoms with Crippen LogP contribution in [0.5, 0.6) is 0 Å². The second kappa shape index (κ2) is 12.3. The van der Waals surface area contributed by atoms with Gasteiger partial charge in [-0.1, -0.05) is 38.0 Å². The van der Waals surface area contributed by atoms with E-state index in [1.54, 1.807) is 0 Å². The van der Waals surface area contributed by atoms with Crippen molar-refractivity contribution in [1.82, 2.24) is 0 Å². The van der Waals surface area contributed by atoms with Gasteiger partial charge >= 0.3 is 5.97 Å². The number of thiophene rings is 1. The number of esters is 1. The first kappa shape index (κ1) is 29.0. The minimum atomic E-state index is -2.66. The Labute approximate surface area is 221 Å². The molecule has 0 radical (unpaired) electrons. The molecule has 8 heteroatoms. The predicted octanol–water partition coefficient (Wildman–Crippen LogP) is 6.96. The van der Waals surface area contributed by atoms with Gasteiger partial charge in [0.2, 0.25) is 13.3 Å². The smallest absolute Gasteiger partial charge is 0.350 e. The Kier molecular flexibility index (Phi) is 9.88. The summed E-state index contributed by atoms with van der Waals surface area (Å²) in [6, 6.07) is 1.74. The van der Waals surface area contributed by atoms with Crippen LogP contribution in [0.2, 0.25) is 0 Å². The Morgan fingerprint density at radius 1 is 1.06 bits per heavy atom. The molecule has 200 valence electrons. The van der Waals surface area contributed by atoms with Gasteiger partial charge in [0.25, 0.3) is 0 Å². The molecule has 1 unspecified atom stereocenters. The van der Waals surface area contributed by atoms with Crippen molar-refractivity contribution in [2.75, 3.05) is 31.4 Å². The van der Waals surface area contributed by atoms with Crippen LogP contribution in [-0.4, -0.2) is 44.5 Å². The minimum absolute atomic E-state index is 0.0709. The average molecular weight is 536 g/mol. The van der Waals surface area contributed by atoms with Gasteiger partial charge in [-0.3, -0.25) is 9.36 Å². The first-order valence-corrected chi connectivity index (χ1v) is 16.0. The highest BCUT2D eigenvalue weighted by atomic mass is 32.1. The van der Waals surface area contributed by atoms with Gasteiger partial charge < -0.3 is 14.2 Å². The van der Waals surface area contributed by atoms with Gasteiger partial charge in [-0.25, -0.2) is 4.79 Å². The van der Waals surface area contributed by atoms with Crippen molar-refractivity contribution in [3.05, 3.63) is 15.8 Å². The number of rotatable bonds is 5. The molecule has 1 amide bonds. The van der Waals surface area contributed by atoms with Gasteiger partial charge in [0.1, 0.15) is 4.88 Å². The fourth-order valence-corrected chi connectivity index (χ4v) is 7.99. The number of carbonyl (C=O) groups is 2. The summed E-state index contributed by atoms with van der Waals surface area (Å²) in [7, 11) is 0.217. The number of methoxy groups -OCH3 is 1.